The zero-order valence-electron chi connectivity index (χ0n) is 13.1. The Hall–Kier alpha value is -1.50. The molecule has 0 saturated heterocycles. The lowest BCUT2D eigenvalue weighted by molar-refractivity contribution is 0.103. The molecule has 23 heavy (non-hydrogen) atoms. The van der Waals surface area contributed by atoms with Crippen molar-refractivity contribution in [3.05, 3.63) is 45.7 Å². The first-order valence-corrected chi connectivity index (χ1v) is 8.69. The Labute approximate surface area is 139 Å². The standard InChI is InChI=1S/C17H21FN2O2S/c1-11-20-16-4-2-3-15(17(16)23-11)19-9-13(21)10-22-14-7-5-12(18)6-8-14/h5-8,13,15,19,21H,2-4,9-10H2,1H3. The van der Waals surface area contributed by atoms with Crippen LogP contribution in [0.25, 0.3) is 0 Å². The second-order valence-corrected chi connectivity index (χ2v) is 7.05. The fourth-order valence-corrected chi connectivity index (χ4v) is 3.88. The number of aromatic nitrogens is 1. The Morgan fingerprint density at radius 2 is 2.22 bits per heavy atom. The fraction of sp³-hybridized carbons (Fsp3) is 0.471. The van der Waals surface area contributed by atoms with Crippen molar-refractivity contribution in [3.63, 3.8) is 0 Å². The molecule has 2 unspecified atom stereocenters. The average molecular weight is 336 g/mol. The maximum atomic E-state index is 12.8. The van der Waals surface area contributed by atoms with Crippen molar-refractivity contribution in [2.75, 3.05) is 13.2 Å². The number of aliphatic hydroxyl groups is 1. The topological polar surface area (TPSA) is 54.4 Å². The number of thiazole rings is 1. The summed E-state index contributed by atoms with van der Waals surface area (Å²) in [5.74, 6) is 0.260. The van der Waals surface area contributed by atoms with Crippen LogP contribution in [-0.4, -0.2) is 29.3 Å². The number of nitrogens with zero attached hydrogens (tertiary/aromatic N) is 1. The van der Waals surface area contributed by atoms with Gasteiger partial charge in [-0.15, -0.1) is 11.3 Å². The van der Waals surface area contributed by atoms with Crippen molar-refractivity contribution in [1.82, 2.24) is 10.3 Å². The van der Waals surface area contributed by atoms with Gasteiger partial charge in [0.05, 0.1) is 10.7 Å². The van der Waals surface area contributed by atoms with E-state index in [4.69, 9.17) is 4.74 Å². The Kier molecular flexibility index (Phi) is 5.25. The molecule has 1 heterocycles. The lowest BCUT2D eigenvalue weighted by Crippen LogP contribution is -2.34. The number of benzene rings is 1. The van der Waals surface area contributed by atoms with E-state index in [1.807, 2.05) is 6.92 Å². The van der Waals surface area contributed by atoms with E-state index in [9.17, 15) is 9.50 Å². The summed E-state index contributed by atoms with van der Waals surface area (Å²) in [5, 5.41) is 14.6. The van der Waals surface area contributed by atoms with Crippen LogP contribution in [0.4, 0.5) is 4.39 Å². The lowest BCUT2D eigenvalue weighted by Gasteiger charge is -2.24. The summed E-state index contributed by atoms with van der Waals surface area (Å²) in [6, 6.07) is 6.07. The van der Waals surface area contributed by atoms with Gasteiger partial charge >= 0.3 is 0 Å². The molecule has 2 atom stereocenters. The molecule has 0 aliphatic heterocycles. The van der Waals surface area contributed by atoms with Gasteiger partial charge in [-0.05, 0) is 50.5 Å². The van der Waals surface area contributed by atoms with E-state index in [1.165, 1.54) is 22.7 Å². The first-order chi connectivity index (χ1) is 11.1. The fourth-order valence-electron chi connectivity index (χ4n) is 2.80. The molecule has 0 fully saturated rings. The highest BCUT2D eigenvalue weighted by molar-refractivity contribution is 7.11. The molecular formula is C17H21FN2O2S. The first-order valence-electron chi connectivity index (χ1n) is 7.88. The highest BCUT2D eigenvalue weighted by Gasteiger charge is 2.24. The maximum absolute atomic E-state index is 12.8. The Morgan fingerprint density at radius 3 is 3.00 bits per heavy atom. The number of aliphatic hydroxyl groups excluding tert-OH is 1. The molecule has 4 nitrogen and oxygen atoms in total. The van der Waals surface area contributed by atoms with Gasteiger partial charge in [0.15, 0.2) is 0 Å². The van der Waals surface area contributed by atoms with Gasteiger partial charge in [0.1, 0.15) is 24.3 Å². The normalized spacial score (nSPS) is 18.5. The van der Waals surface area contributed by atoms with Gasteiger partial charge in [-0.1, -0.05) is 0 Å². The van der Waals surface area contributed by atoms with Crippen LogP contribution in [0.5, 0.6) is 5.75 Å². The maximum Gasteiger partial charge on any atom is 0.123 e. The molecule has 1 aromatic carbocycles. The number of aryl methyl sites for hydroxylation is 2. The average Bonchev–Trinajstić information content (AvgIpc) is 2.93. The van der Waals surface area contributed by atoms with Crippen LogP contribution in [0.2, 0.25) is 0 Å². The molecule has 0 spiro atoms. The molecule has 1 aromatic heterocycles. The highest BCUT2D eigenvalue weighted by Crippen LogP contribution is 2.33. The molecular weight excluding hydrogens is 315 g/mol. The van der Waals surface area contributed by atoms with Crippen molar-refractivity contribution < 1.29 is 14.2 Å². The van der Waals surface area contributed by atoms with Crippen molar-refractivity contribution in [3.8, 4) is 5.75 Å². The second kappa shape index (κ2) is 7.38. The Bertz CT molecular complexity index is 645. The molecule has 1 aliphatic carbocycles. The summed E-state index contributed by atoms with van der Waals surface area (Å²) in [6.45, 7) is 2.67. The van der Waals surface area contributed by atoms with E-state index in [2.05, 4.69) is 10.3 Å². The number of ether oxygens (including phenoxy) is 1. The van der Waals surface area contributed by atoms with Gasteiger partial charge < -0.3 is 15.2 Å². The Balaban J connectivity index is 1.47. The molecule has 0 radical (unpaired) electrons. The number of halogens is 1. The number of nitrogens with one attached hydrogen (secondary N) is 1. The van der Waals surface area contributed by atoms with Gasteiger partial charge in [0.25, 0.3) is 0 Å². The third-order valence-electron chi connectivity index (χ3n) is 3.91. The molecule has 124 valence electrons. The van der Waals surface area contributed by atoms with Crippen molar-refractivity contribution in [2.24, 2.45) is 0 Å². The number of rotatable bonds is 6. The van der Waals surface area contributed by atoms with Gasteiger partial charge in [-0.25, -0.2) is 9.37 Å². The van der Waals surface area contributed by atoms with E-state index in [-0.39, 0.29) is 18.5 Å². The lowest BCUT2D eigenvalue weighted by atomic mass is 9.98. The summed E-state index contributed by atoms with van der Waals surface area (Å²) in [6.07, 6.45) is 2.63. The summed E-state index contributed by atoms with van der Waals surface area (Å²) < 4.78 is 18.3. The van der Waals surface area contributed by atoms with E-state index < -0.39 is 6.10 Å². The summed E-state index contributed by atoms with van der Waals surface area (Å²) >= 11 is 1.74. The molecule has 0 amide bonds. The van der Waals surface area contributed by atoms with E-state index in [0.29, 0.717) is 12.3 Å². The monoisotopic (exact) mass is 336 g/mol. The SMILES string of the molecule is Cc1nc2c(s1)C(NCC(O)COc1ccc(F)cc1)CCC2. The van der Waals surface area contributed by atoms with Gasteiger partial charge in [-0.2, -0.15) is 0 Å². The predicted molar refractivity (Wildman–Crippen MR) is 88.4 cm³/mol. The molecule has 6 heteroatoms. The molecule has 3 rings (SSSR count). The quantitative estimate of drug-likeness (QED) is 0.851. The minimum atomic E-state index is -0.612. The minimum absolute atomic E-state index is 0.180. The number of hydrogen-bond donors (Lipinski definition) is 2. The molecule has 2 aromatic rings. The second-order valence-electron chi connectivity index (χ2n) is 5.82. The van der Waals surface area contributed by atoms with Gasteiger partial charge in [0, 0.05) is 17.5 Å². The largest absolute Gasteiger partial charge is 0.491 e. The third-order valence-corrected chi connectivity index (χ3v) is 5.04. The zero-order chi connectivity index (χ0) is 16.2. The van der Waals surface area contributed by atoms with Gasteiger partial charge in [-0.3, -0.25) is 0 Å². The van der Waals surface area contributed by atoms with Gasteiger partial charge in [0.2, 0.25) is 0 Å². The van der Waals surface area contributed by atoms with E-state index in [0.717, 1.165) is 24.3 Å². The van der Waals surface area contributed by atoms with Crippen LogP contribution in [0.1, 0.15) is 34.5 Å². The van der Waals surface area contributed by atoms with Crippen LogP contribution in [-0.2, 0) is 6.42 Å². The minimum Gasteiger partial charge on any atom is -0.491 e. The van der Waals surface area contributed by atoms with Crippen molar-refractivity contribution in [2.45, 2.75) is 38.3 Å². The molecule has 0 saturated carbocycles. The summed E-state index contributed by atoms with van der Waals surface area (Å²) in [7, 11) is 0. The van der Waals surface area contributed by atoms with Crippen LogP contribution in [0, 0.1) is 12.7 Å². The van der Waals surface area contributed by atoms with Crippen LogP contribution in [0.3, 0.4) is 0 Å². The summed E-state index contributed by atoms with van der Waals surface area (Å²) in [5.41, 5.74) is 1.20. The number of hydrogen-bond acceptors (Lipinski definition) is 5. The van der Waals surface area contributed by atoms with Crippen molar-refractivity contribution in [1.29, 1.82) is 0 Å². The smallest absolute Gasteiger partial charge is 0.123 e. The first kappa shape index (κ1) is 16.4. The molecule has 2 N–H and O–H groups in total. The number of fused-ring (bicyclic) bond motifs is 1. The molecule has 1 aliphatic rings. The highest BCUT2D eigenvalue weighted by atomic mass is 32.1. The molecule has 0 bridgehead atoms. The summed E-state index contributed by atoms with van der Waals surface area (Å²) in [4.78, 5) is 5.88. The predicted octanol–water partition coefficient (Wildman–Crippen LogP) is 3.00. The zero-order valence-corrected chi connectivity index (χ0v) is 13.9. The van der Waals surface area contributed by atoms with Crippen LogP contribution < -0.4 is 10.1 Å². The van der Waals surface area contributed by atoms with E-state index >= 15 is 0 Å². The van der Waals surface area contributed by atoms with Crippen LogP contribution >= 0.6 is 11.3 Å². The van der Waals surface area contributed by atoms with E-state index in [1.54, 1.807) is 23.5 Å². The Morgan fingerprint density at radius 1 is 1.43 bits per heavy atom. The third kappa shape index (κ3) is 4.28. The van der Waals surface area contributed by atoms with Crippen LogP contribution in [0.15, 0.2) is 24.3 Å². The van der Waals surface area contributed by atoms with Crippen molar-refractivity contribution >= 4 is 11.3 Å².